The highest BCUT2D eigenvalue weighted by molar-refractivity contribution is 5.91. The highest BCUT2D eigenvalue weighted by Gasteiger charge is 2.67. The third-order valence-electron chi connectivity index (χ3n) is 9.27. The Morgan fingerprint density at radius 1 is 1.15 bits per heavy atom. The van der Waals surface area contributed by atoms with Crippen LogP contribution in [0, 0.1) is 35.0 Å². The van der Waals surface area contributed by atoms with Crippen molar-refractivity contribution >= 4 is 11.8 Å². The van der Waals surface area contributed by atoms with Gasteiger partial charge in [-0.15, -0.1) is 0 Å². The Hall–Kier alpha value is -1.38. The van der Waals surface area contributed by atoms with Crippen molar-refractivity contribution in [3.8, 4) is 0 Å². The van der Waals surface area contributed by atoms with Crippen LogP contribution in [0.4, 0.5) is 0 Å². The Morgan fingerprint density at radius 3 is 2.70 bits per heavy atom. The number of fused-ring (bicyclic) bond motifs is 6. The molecule has 146 valence electrons. The van der Waals surface area contributed by atoms with E-state index < -0.39 is 0 Å². The molecule has 27 heavy (non-hydrogen) atoms. The van der Waals surface area contributed by atoms with Crippen LogP contribution in [0.15, 0.2) is 23.8 Å². The monoisotopic (exact) mass is 368 g/mol. The van der Waals surface area contributed by atoms with Gasteiger partial charge in [-0.3, -0.25) is 4.79 Å². The third kappa shape index (κ3) is 2.26. The van der Waals surface area contributed by atoms with Gasteiger partial charge in [-0.05, 0) is 86.7 Å². The molecule has 1 spiro atoms. The smallest absolute Gasteiger partial charge is 0.331 e. The fraction of sp³-hybridized carbons (Fsp3) is 0.750. The molecule has 1 heterocycles. The summed E-state index contributed by atoms with van der Waals surface area (Å²) in [4.78, 5) is 24.0. The summed E-state index contributed by atoms with van der Waals surface area (Å²) in [6.45, 7) is 4.64. The van der Waals surface area contributed by atoms with Crippen LogP contribution >= 0.6 is 0 Å². The van der Waals surface area contributed by atoms with Crippen molar-refractivity contribution in [2.24, 2.45) is 35.0 Å². The lowest BCUT2D eigenvalue weighted by Gasteiger charge is -2.58. The molecule has 3 fully saturated rings. The summed E-state index contributed by atoms with van der Waals surface area (Å²) in [6.07, 6.45) is 15.6. The summed E-state index contributed by atoms with van der Waals surface area (Å²) in [5.74, 6) is 3.61. The normalized spacial score (nSPS) is 48.1. The molecule has 4 aliphatic carbocycles. The quantitative estimate of drug-likeness (QED) is 0.644. The van der Waals surface area contributed by atoms with Crippen molar-refractivity contribution in [1.29, 1.82) is 0 Å². The number of ether oxygens (including phenoxy) is 1. The van der Waals surface area contributed by atoms with Crippen LogP contribution in [0.5, 0.6) is 0 Å². The maximum absolute atomic E-state index is 12.0. The first-order valence-corrected chi connectivity index (χ1v) is 11.2. The van der Waals surface area contributed by atoms with E-state index in [1.165, 1.54) is 31.3 Å². The molecular weight excluding hydrogens is 336 g/mol. The Labute approximate surface area is 162 Å². The minimum Gasteiger partial charge on any atom is -0.451 e. The molecule has 0 saturated heterocycles. The molecule has 3 unspecified atom stereocenters. The molecule has 0 aromatic carbocycles. The lowest BCUT2D eigenvalue weighted by atomic mass is 9.47. The molecule has 0 aromatic rings. The lowest BCUT2D eigenvalue weighted by Crippen LogP contribution is -2.55. The standard InChI is InChI=1S/C24H32O3/c1-3-15-13-16-14-17(25)5-6-18(16)19-7-10-23(4-2)20(22(15)19)8-11-24(23)12-9-21(26)27-24/h9,12,14-15,18-20,22H,3-8,10-11,13H2,1-2H3/t15-,18+,19?,20?,22?,23+,24-/m1/s1. The molecule has 0 amide bonds. The fourth-order valence-electron chi connectivity index (χ4n) is 8.24. The van der Waals surface area contributed by atoms with E-state index in [1.54, 1.807) is 6.08 Å². The summed E-state index contributed by atoms with van der Waals surface area (Å²) in [7, 11) is 0. The second kappa shape index (κ2) is 6.06. The van der Waals surface area contributed by atoms with Gasteiger partial charge in [0.05, 0.1) is 0 Å². The molecule has 7 atom stereocenters. The second-order valence-electron chi connectivity index (χ2n) is 9.78. The van der Waals surface area contributed by atoms with Crippen LogP contribution in [0.25, 0.3) is 0 Å². The van der Waals surface area contributed by atoms with Crippen LogP contribution in [0.1, 0.15) is 71.6 Å². The SMILES string of the molecule is CC[C@@H]1CC2=CC(=O)CC[C@@H]2C2CC[C@@]3(CC)C(CC[C@@]34C=CC(=O)O4)C21. The topological polar surface area (TPSA) is 43.4 Å². The van der Waals surface area contributed by atoms with Crippen molar-refractivity contribution in [3.05, 3.63) is 23.8 Å². The van der Waals surface area contributed by atoms with E-state index in [1.807, 2.05) is 6.08 Å². The molecule has 0 bridgehead atoms. The van der Waals surface area contributed by atoms with Crippen molar-refractivity contribution in [3.63, 3.8) is 0 Å². The molecule has 0 N–H and O–H groups in total. The number of rotatable bonds is 2. The zero-order chi connectivity index (χ0) is 18.8. The van der Waals surface area contributed by atoms with Crippen LogP contribution in [0.3, 0.4) is 0 Å². The molecular formula is C24H32O3. The fourth-order valence-corrected chi connectivity index (χ4v) is 8.24. The molecule has 5 aliphatic rings. The number of carbonyl (C=O) groups is 2. The van der Waals surface area contributed by atoms with Gasteiger partial charge < -0.3 is 4.74 Å². The summed E-state index contributed by atoms with van der Waals surface area (Å²) in [5, 5.41) is 0. The van der Waals surface area contributed by atoms with E-state index in [4.69, 9.17) is 4.74 Å². The third-order valence-corrected chi connectivity index (χ3v) is 9.27. The maximum Gasteiger partial charge on any atom is 0.331 e. The molecule has 0 radical (unpaired) electrons. The van der Waals surface area contributed by atoms with Gasteiger partial charge in [-0.2, -0.15) is 0 Å². The van der Waals surface area contributed by atoms with Crippen LogP contribution < -0.4 is 0 Å². The van der Waals surface area contributed by atoms with E-state index in [9.17, 15) is 9.59 Å². The Balaban J connectivity index is 1.54. The molecule has 0 aromatic heterocycles. The van der Waals surface area contributed by atoms with Gasteiger partial charge in [-0.25, -0.2) is 4.79 Å². The zero-order valence-electron chi connectivity index (χ0n) is 16.7. The van der Waals surface area contributed by atoms with Crippen molar-refractivity contribution in [2.75, 3.05) is 0 Å². The minimum absolute atomic E-state index is 0.121. The Morgan fingerprint density at radius 2 is 2.00 bits per heavy atom. The van der Waals surface area contributed by atoms with Gasteiger partial charge in [0.25, 0.3) is 0 Å². The number of ketones is 1. The predicted octanol–water partition coefficient (Wildman–Crippen LogP) is 5.01. The second-order valence-corrected chi connectivity index (χ2v) is 9.78. The van der Waals surface area contributed by atoms with Gasteiger partial charge in [-0.1, -0.05) is 25.8 Å². The highest BCUT2D eigenvalue weighted by atomic mass is 16.6. The molecule has 3 heteroatoms. The maximum atomic E-state index is 12.0. The number of esters is 1. The first-order chi connectivity index (χ1) is 13.0. The van der Waals surface area contributed by atoms with E-state index >= 15 is 0 Å². The number of allylic oxidation sites excluding steroid dienone is 1. The van der Waals surface area contributed by atoms with Crippen molar-refractivity contribution in [1.82, 2.24) is 0 Å². The molecule has 1 aliphatic heterocycles. The van der Waals surface area contributed by atoms with Crippen molar-refractivity contribution in [2.45, 2.75) is 77.2 Å². The molecule has 3 saturated carbocycles. The van der Waals surface area contributed by atoms with Gasteiger partial charge in [0.2, 0.25) is 0 Å². The van der Waals surface area contributed by atoms with Gasteiger partial charge in [0.1, 0.15) is 5.60 Å². The Bertz CT molecular complexity index is 734. The first-order valence-electron chi connectivity index (χ1n) is 11.2. The van der Waals surface area contributed by atoms with E-state index in [-0.39, 0.29) is 17.0 Å². The van der Waals surface area contributed by atoms with Crippen LogP contribution in [-0.4, -0.2) is 17.4 Å². The van der Waals surface area contributed by atoms with E-state index in [2.05, 4.69) is 19.9 Å². The summed E-state index contributed by atoms with van der Waals surface area (Å²) in [6, 6.07) is 0. The number of hydrogen-bond acceptors (Lipinski definition) is 3. The largest absolute Gasteiger partial charge is 0.451 e. The first kappa shape index (κ1) is 17.7. The van der Waals surface area contributed by atoms with Gasteiger partial charge in [0.15, 0.2) is 5.78 Å². The van der Waals surface area contributed by atoms with E-state index in [0.717, 1.165) is 43.9 Å². The van der Waals surface area contributed by atoms with Crippen molar-refractivity contribution < 1.29 is 14.3 Å². The summed E-state index contributed by atoms with van der Waals surface area (Å²) < 4.78 is 6.04. The Kier molecular flexibility index (Phi) is 3.97. The van der Waals surface area contributed by atoms with Gasteiger partial charge >= 0.3 is 5.97 Å². The average molecular weight is 369 g/mol. The minimum atomic E-state index is -0.342. The van der Waals surface area contributed by atoms with Crippen LogP contribution in [0.2, 0.25) is 0 Å². The summed E-state index contributed by atoms with van der Waals surface area (Å²) in [5.41, 5.74) is 1.24. The van der Waals surface area contributed by atoms with E-state index in [0.29, 0.717) is 23.5 Å². The summed E-state index contributed by atoms with van der Waals surface area (Å²) >= 11 is 0. The lowest BCUT2D eigenvalue weighted by molar-refractivity contribution is -0.166. The molecule has 3 nitrogen and oxygen atoms in total. The average Bonchev–Trinajstić information content (AvgIpc) is 3.21. The molecule has 5 rings (SSSR count). The van der Waals surface area contributed by atoms with Gasteiger partial charge in [0, 0.05) is 17.9 Å². The predicted molar refractivity (Wildman–Crippen MR) is 104 cm³/mol. The number of hydrogen-bond donors (Lipinski definition) is 0. The number of carbonyl (C=O) groups excluding carboxylic acids is 2. The zero-order valence-corrected chi connectivity index (χ0v) is 16.7. The highest BCUT2D eigenvalue weighted by Crippen LogP contribution is 2.69. The van der Waals surface area contributed by atoms with Crippen LogP contribution in [-0.2, 0) is 14.3 Å².